The first kappa shape index (κ1) is 22.1. The molecule has 0 radical (unpaired) electrons. The summed E-state index contributed by atoms with van der Waals surface area (Å²) in [6.07, 6.45) is -0.0214. The van der Waals surface area contributed by atoms with Crippen molar-refractivity contribution in [3.63, 3.8) is 0 Å². The van der Waals surface area contributed by atoms with E-state index in [4.69, 9.17) is 33.0 Å². The quantitative estimate of drug-likeness (QED) is 0.601. The Kier molecular flexibility index (Phi) is 6.95. The van der Waals surface area contributed by atoms with Crippen LogP contribution < -0.4 is 15.1 Å². The van der Waals surface area contributed by atoms with Gasteiger partial charge in [-0.2, -0.15) is 5.10 Å². The van der Waals surface area contributed by atoms with Gasteiger partial charge in [-0.3, -0.25) is 14.5 Å². The number of nitrogens with zero attached hydrogens (tertiary/aromatic N) is 4. The number of carbonyl (C=O) groups is 3. The molecule has 0 aromatic heterocycles. The van der Waals surface area contributed by atoms with E-state index >= 15 is 0 Å². The minimum absolute atomic E-state index is 0.0187. The first-order valence-electron chi connectivity index (χ1n) is 8.85. The number of ether oxygens (including phenoxy) is 1. The lowest BCUT2D eigenvalue weighted by Gasteiger charge is -2.28. The molecule has 1 unspecified atom stereocenters. The Morgan fingerprint density at radius 2 is 2.13 bits per heavy atom. The number of carbonyl (C=O) groups excluding carboxylic acids is 3. The molecule has 0 aliphatic carbocycles. The number of cyclic esters (lactones) is 1. The molecular formula is C17H18Cl2FN5O5. The van der Waals surface area contributed by atoms with Crippen LogP contribution in [0.15, 0.2) is 23.3 Å². The molecule has 1 aromatic rings. The number of halogens is 3. The van der Waals surface area contributed by atoms with Crippen LogP contribution in [0, 0.1) is 5.82 Å². The van der Waals surface area contributed by atoms with Gasteiger partial charge in [-0.05, 0) is 18.2 Å². The van der Waals surface area contributed by atoms with E-state index in [-0.39, 0.29) is 37.6 Å². The fourth-order valence-corrected chi connectivity index (χ4v) is 3.08. The van der Waals surface area contributed by atoms with E-state index < -0.39 is 41.3 Å². The van der Waals surface area contributed by atoms with Crippen LogP contribution in [0.4, 0.5) is 20.6 Å². The van der Waals surface area contributed by atoms with E-state index in [1.54, 1.807) is 6.07 Å². The molecule has 0 bridgehead atoms. The summed E-state index contributed by atoms with van der Waals surface area (Å²) < 4.78 is 19.9. The summed E-state index contributed by atoms with van der Waals surface area (Å²) >= 11 is 10.9. The molecule has 162 valence electrons. The standard InChI is InChI=1S/C17H18Cl2FN5O5/c18-15(19)16(28)21-6-11-7-24(17(29)30-11)10-1-2-13(12(20)5-10)23-3-4-25(22-9-23)14(27)8-26/h1-2,5,9,11,15,26H,3-4,6-8H2,(H,21,28). The Bertz CT molecular complexity index is 871. The van der Waals surface area contributed by atoms with Crippen molar-refractivity contribution in [3.8, 4) is 0 Å². The summed E-state index contributed by atoms with van der Waals surface area (Å²) in [6, 6.07) is 4.21. The molecular weight excluding hydrogens is 444 g/mol. The predicted molar refractivity (Wildman–Crippen MR) is 107 cm³/mol. The van der Waals surface area contributed by atoms with Crippen LogP contribution in [0.5, 0.6) is 0 Å². The van der Waals surface area contributed by atoms with Crippen LogP contribution in [0.25, 0.3) is 0 Å². The first-order valence-corrected chi connectivity index (χ1v) is 9.73. The van der Waals surface area contributed by atoms with E-state index in [0.29, 0.717) is 0 Å². The van der Waals surface area contributed by atoms with Gasteiger partial charge in [0.2, 0.25) is 0 Å². The average Bonchev–Trinajstić information content (AvgIpc) is 3.12. The van der Waals surface area contributed by atoms with Crippen molar-refractivity contribution in [2.45, 2.75) is 10.9 Å². The lowest BCUT2D eigenvalue weighted by Crippen LogP contribution is -2.42. The first-order chi connectivity index (χ1) is 14.3. The molecule has 2 N–H and O–H groups in total. The molecule has 2 heterocycles. The number of nitrogens with one attached hydrogen (secondary N) is 1. The summed E-state index contributed by atoms with van der Waals surface area (Å²) in [5.74, 6) is -1.75. The zero-order valence-corrected chi connectivity index (χ0v) is 17.0. The van der Waals surface area contributed by atoms with Gasteiger partial charge in [-0.25, -0.2) is 14.2 Å². The second-order valence-electron chi connectivity index (χ2n) is 6.40. The highest BCUT2D eigenvalue weighted by atomic mass is 35.5. The summed E-state index contributed by atoms with van der Waals surface area (Å²) in [6.45, 7) is -0.0632. The molecule has 2 aliphatic rings. The topological polar surface area (TPSA) is 115 Å². The Morgan fingerprint density at radius 3 is 2.73 bits per heavy atom. The Hall–Kier alpha value is -2.63. The number of aliphatic hydroxyl groups excluding tert-OH is 1. The fourth-order valence-electron chi connectivity index (χ4n) is 2.92. The smallest absolute Gasteiger partial charge is 0.414 e. The maximum absolute atomic E-state index is 14.7. The van der Waals surface area contributed by atoms with Crippen LogP contribution >= 0.6 is 23.2 Å². The molecule has 1 atom stereocenters. The van der Waals surface area contributed by atoms with Gasteiger partial charge in [-0.15, -0.1) is 0 Å². The second kappa shape index (κ2) is 9.45. The predicted octanol–water partition coefficient (Wildman–Crippen LogP) is 0.655. The number of hydrazone groups is 1. The van der Waals surface area contributed by atoms with Gasteiger partial charge in [0.15, 0.2) is 4.84 Å². The van der Waals surface area contributed by atoms with Crippen molar-refractivity contribution in [1.82, 2.24) is 10.3 Å². The molecule has 1 saturated heterocycles. The maximum atomic E-state index is 14.7. The van der Waals surface area contributed by atoms with Gasteiger partial charge in [0.05, 0.1) is 31.0 Å². The van der Waals surface area contributed by atoms with Gasteiger partial charge < -0.3 is 20.1 Å². The van der Waals surface area contributed by atoms with E-state index in [1.165, 1.54) is 28.3 Å². The Balaban J connectivity index is 1.65. The summed E-state index contributed by atoms with van der Waals surface area (Å²) in [5.41, 5.74) is 0.499. The Morgan fingerprint density at radius 1 is 1.37 bits per heavy atom. The third-order valence-corrected chi connectivity index (χ3v) is 4.83. The monoisotopic (exact) mass is 461 g/mol. The number of amides is 3. The molecule has 1 aromatic carbocycles. The second-order valence-corrected chi connectivity index (χ2v) is 7.49. The zero-order chi connectivity index (χ0) is 21.8. The third kappa shape index (κ3) is 4.91. The highest BCUT2D eigenvalue weighted by Crippen LogP contribution is 2.28. The number of hydrogen-bond donors (Lipinski definition) is 2. The van der Waals surface area contributed by atoms with Crippen LogP contribution in [0.1, 0.15) is 0 Å². The van der Waals surface area contributed by atoms with E-state index in [1.807, 2.05) is 0 Å². The molecule has 2 aliphatic heterocycles. The third-order valence-electron chi connectivity index (χ3n) is 4.43. The van der Waals surface area contributed by atoms with E-state index in [2.05, 4.69) is 10.4 Å². The number of rotatable bonds is 6. The lowest BCUT2D eigenvalue weighted by molar-refractivity contribution is -0.134. The normalized spacial score (nSPS) is 18.8. The number of benzene rings is 1. The molecule has 0 spiro atoms. The highest BCUT2D eigenvalue weighted by molar-refractivity contribution is 6.53. The average molecular weight is 462 g/mol. The minimum Gasteiger partial charge on any atom is -0.442 e. The van der Waals surface area contributed by atoms with Crippen molar-refractivity contribution >= 4 is 58.8 Å². The van der Waals surface area contributed by atoms with Crippen LogP contribution in [-0.2, 0) is 14.3 Å². The summed E-state index contributed by atoms with van der Waals surface area (Å²) in [7, 11) is 0. The number of aliphatic hydroxyl groups is 1. The largest absolute Gasteiger partial charge is 0.442 e. The number of anilines is 2. The van der Waals surface area contributed by atoms with E-state index in [0.717, 1.165) is 5.01 Å². The van der Waals surface area contributed by atoms with Crippen LogP contribution in [-0.4, -0.2) is 78.1 Å². The maximum Gasteiger partial charge on any atom is 0.414 e. The fraction of sp³-hybridized carbons (Fsp3) is 0.412. The molecule has 13 heteroatoms. The van der Waals surface area contributed by atoms with Crippen molar-refractivity contribution in [3.05, 3.63) is 24.0 Å². The molecule has 30 heavy (non-hydrogen) atoms. The molecule has 3 amide bonds. The Labute approximate surface area is 180 Å². The number of alkyl halides is 2. The van der Waals surface area contributed by atoms with E-state index in [9.17, 15) is 18.8 Å². The van der Waals surface area contributed by atoms with Gasteiger partial charge >= 0.3 is 6.09 Å². The van der Waals surface area contributed by atoms with Crippen molar-refractivity contribution < 1.29 is 28.6 Å². The van der Waals surface area contributed by atoms with Crippen molar-refractivity contribution in [2.24, 2.45) is 5.10 Å². The SMILES string of the molecule is O=C(NCC1CN(c2ccc(N3C=NN(C(=O)CO)CC3)c(F)c2)C(=O)O1)C(Cl)Cl. The van der Waals surface area contributed by atoms with Gasteiger partial charge in [0.1, 0.15) is 24.9 Å². The lowest BCUT2D eigenvalue weighted by atomic mass is 10.2. The minimum atomic E-state index is -1.23. The van der Waals surface area contributed by atoms with Gasteiger partial charge in [-0.1, -0.05) is 23.2 Å². The van der Waals surface area contributed by atoms with Crippen molar-refractivity contribution in [2.75, 3.05) is 42.6 Å². The summed E-state index contributed by atoms with van der Waals surface area (Å²) in [5, 5.41) is 16.3. The number of hydrogen-bond acceptors (Lipinski definition) is 7. The molecule has 0 saturated carbocycles. The van der Waals surface area contributed by atoms with Crippen LogP contribution in [0.2, 0.25) is 0 Å². The molecule has 3 rings (SSSR count). The zero-order valence-electron chi connectivity index (χ0n) is 15.5. The molecule has 1 fully saturated rings. The van der Waals surface area contributed by atoms with Gasteiger partial charge in [0.25, 0.3) is 11.8 Å². The van der Waals surface area contributed by atoms with Crippen LogP contribution in [0.3, 0.4) is 0 Å². The highest BCUT2D eigenvalue weighted by Gasteiger charge is 2.33. The molecule has 10 nitrogen and oxygen atoms in total. The summed E-state index contributed by atoms with van der Waals surface area (Å²) in [4.78, 5) is 36.5. The van der Waals surface area contributed by atoms with Gasteiger partial charge in [0, 0.05) is 6.54 Å². The van der Waals surface area contributed by atoms with Crippen molar-refractivity contribution in [1.29, 1.82) is 0 Å².